The van der Waals surface area contributed by atoms with Crippen LogP contribution in [-0.4, -0.2) is 30.0 Å². The lowest BCUT2D eigenvalue weighted by Crippen LogP contribution is -2.27. The largest absolute Gasteiger partial charge is 0.461 e. The highest BCUT2D eigenvalue weighted by Crippen LogP contribution is 2.01. The summed E-state index contributed by atoms with van der Waals surface area (Å²) in [5.74, 6) is -0.666. The Bertz CT molecular complexity index is 639. The summed E-state index contributed by atoms with van der Waals surface area (Å²) >= 11 is 0. The number of ether oxygens (including phenoxy) is 1. The SMILES string of the molecule is O=C(/C=C/c1ccccc1)OCCNC(=O)c1ccncc1. The maximum absolute atomic E-state index is 11.7. The van der Waals surface area contributed by atoms with Crippen LogP contribution in [0.15, 0.2) is 60.9 Å². The van der Waals surface area contributed by atoms with Crippen molar-refractivity contribution in [3.05, 3.63) is 72.1 Å². The molecule has 0 saturated carbocycles. The van der Waals surface area contributed by atoms with Crippen LogP contribution in [0.5, 0.6) is 0 Å². The molecule has 5 heteroatoms. The zero-order valence-electron chi connectivity index (χ0n) is 11.9. The summed E-state index contributed by atoms with van der Waals surface area (Å²) in [6, 6.07) is 12.7. The number of carbonyl (C=O) groups excluding carboxylic acids is 2. The Morgan fingerprint density at radius 2 is 1.82 bits per heavy atom. The van der Waals surface area contributed by atoms with Crippen molar-refractivity contribution in [3.63, 3.8) is 0 Å². The van der Waals surface area contributed by atoms with Crippen molar-refractivity contribution in [1.82, 2.24) is 10.3 Å². The molecule has 0 bridgehead atoms. The Morgan fingerprint density at radius 1 is 1.09 bits per heavy atom. The molecule has 0 unspecified atom stereocenters. The van der Waals surface area contributed by atoms with Crippen molar-refractivity contribution in [2.45, 2.75) is 0 Å². The van der Waals surface area contributed by atoms with Gasteiger partial charge in [-0.3, -0.25) is 9.78 Å². The zero-order chi connectivity index (χ0) is 15.6. The van der Waals surface area contributed by atoms with Crippen molar-refractivity contribution in [3.8, 4) is 0 Å². The number of nitrogens with one attached hydrogen (secondary N) is 1. The zero-order valence-corrected chi connectivity index (χ0v) is 11.9. The van der Waals surface area contributed by atoms with Gasteiger partial charge in [-0.05, 0) is 23.8 Å². The average Bonchev–Trinajstić information content (AvgIpc) is 2.58. The van der Waals surface area contributed by atoms with Crippen LogP contribution in [0, 0.1) is 0 Å². The van der Waals surface area contributed by atoms with Crippen LogP contribution >= 0.6 is 0 Å². The Hall–Kier alpha value is -2.95. The molecule has 0 saturated heterocycles. The normalized spacial score (nSPS) is 10.4. The highest BCUT2D eigenvalue weighted by Gasteiger charge is 2.04. The third kappa shape index (κ3) is 5.20. The number of nitrogens with zero attached hydrogens (tertiary/aromatic N) is 1. The van der Waals surface area contributed by atoms with Gasteiger partial charge in [0, 0.05) is 24.0 Å². The van der Waals surface area contributed by atoms with E-state index in [0.717, 1.165) is 5.56 Å². The average molecular weight is 296 g/mol. The van der Waals surface area contributed by atoms with Crippen LogP contribution in [0.3, 0.4) is 0 Å². The maximum Gasteiger partial charge on any atom is 0.330 e. The monoisotopic (exact) mass is 296 g/mol. The molecule has 0 spiro atoms. The molecular weight excluding hydrogens is 280 g/mol. The van der Waals surface area contributed by atoms with Crippen LogP contribution in [0.4, 0.5) is 0 Å². The Morgan fingerprint density at radius 3 is 2.55 bits per heavy atom. The molecule has 1 N–H and O–H groups in total. The molecular formula is C17H16N2O3. The summed E-state index contributed by atoms with van der Waals surface area (Å²) < 4.78 is 5.00. The predicted octanol–water partition coefficient (Wildman–Crippen LogP) is 2.07. The molecule has 0 atom stereocenters. The summed E-state index contributed by atoms with van der Waals surface area (Å²) in [6.45, 7) is 0.376. The molecule has 1 amide bonds. The lowest BCUT2D eigenvalue weighted by atomic mass is 10.2. The van der Waals surface area contributed by atoms with Gasteiger partial charge >= 0.3 is 5.97 Å². The van der Waals surface area contributed by atoms with E-state index in [2.05, 4.69) is 10.3 Å². The van der Waals surface area contributed by atoms with E-state index in [1.165, 1.54) is 6.08 Å². The predicted molar refractivity (Wildman–Crippen MR) is 83.0 cm³/mol. The van der Waals surface area contributed by atoms with E-state index < -0.39 is 5.97 Å². The van der Waals surface area contributed by atoms with Crippen LogP contribution < -0.4 is 5.32 Å². The summed E-state index contributed by atoms with van der Waals surface area (Å²) in [7, 11) is 0. The molecule has 112 valence electrons. The molecule has 1 aromatic heterocycles. The van der Waals surface area contributed by atoms with Gasteiger partial charge in [-0.2, -0.15) is 0 Å². The fourth-order valence-electron chi connectivity index (χ4n) is 1.70. The number of aromatic nitrogens is 1. The third-order valence-corrected chi connectivity index (χ3v) is 2.79. The first kappa shape index (κ1) is 15.4. The Kier molecular flexibility index (Phi) is 5.87. The first-order valence-corrected chi connectivity index (χ1v) is 6.84. The van der Waals surface area contributed by atoms with Gasteiger partial charge < -0.3 is 10.1 Å². The van der Waals surface area contributed by atoms with E-state index in [-0.39, 0.29) is 19.1 Å². The summed E-state index contributed by atoms with van der Waals surface area (Å²) in [4.78, 5) is 27.0. The Labute approximate surface area is 128 Å². The van der Waals surface area contributed by atoms with Gasteiger partial charge in [0.25, 0.3) is 5.91 Å². The van der Waals surface area contributed by atoms with Crippen molar-refractivity contribution < 1.29 is 14.3 Å². The molecule has 1 heterocycles. The molecule has 22 heavy (non-hydrogen) atoms. The lowest BCUT2D eigenvalue weighted by Gasteiger charge is -2.05. The Balaban J connectivity index is 1.67. The molecule has 5 nitrogen and oxygen atoms in total. The van der Waals surface area contributed by atoms with Crippen molar-refractivity contribution in [2.24, 2.45) is 0 Å². The number of hydrogen-bond donors (Lipinski definition) is 1. The summed E-state index contributed by atoms with van der Waals surface area (Å²) in [5, 5.41) is 2.66. The number of pyridine rings is 1. The first-order chi connectivity index (χ1) is 10.8. The number of rotatable bonds is 6. The van der Waals surface area contributed by atoms with Gasteiger partial charge in [0.2, 0.25) is 0 Å². The van der Waals surface area contributed by atoms with E-state index >= 15 is 0 Å². The van der Waals surface area contributed by atoms with Gasteiger partial charge in [0.1, 0.15) is 6.61 Å². The maximum atomic E-state index is 11.7. The minimum atomic E-state index is -0.443. The first-order valence-electron chi connectivity index (χ1n) is 6.84. The number of esters is 1. The standard InChI is InChI=1S/C17H16N2O3/c20-16(7-6-14-4-2-1-3-5-14)22-13-12-19-17(21)15-8-10-18-11-9-15/h1-11H,12-13H2,(H,19,21)/b7-6+. The van der Waals surface area contributed by atoms with Crippen molar-refractivity contribution >= 4 is 18.0 Å². The van der Waals surface area contributed by atoms with E-state index in [4.69, 9.17) is 4.74 Å². The topological polar surface area (TPSA) is 68.3 Å². The number of hydrogen-bond acceptors (Lipinski definition) is 4. The van der Waals surface area contributed by atoms with Gasteiger partial charge in [0.05, 0.1) is 6.54 Å². The third-order valence-electron chi connectivity index (χ3n) is 2.79. The molecule has 2 rings (SSSR count). The van der Waals surface area contributed by atoms with Gasteiger partial charge in [-0.1, -0.05) is 30.3 Å². The molecule has 0 radical (unpaired) electrons. The smallest absolute Gasteiger partial charge is 0.330 e. The molecule has 0 aliphatic rings. The second-order valence-electron chi connectivity index (χ2n) is 4.40. The second kappa shape index (κ2) is 8.36. The quantitative estimate of drug-likeness (QED) is 0.503. The second-order valence-corrected chi connectivity index (χ2v) is 4.40. The van der Waals surface area contributed by atoms with E-state index in [0.29, 0.717) is 5.56 Å². The van der Waals surface area contributed by atoms with Gasteiger partial charge in [-0.25, -0.2) is 4.79 Å². The van der Waals surface area contributed by atoms with E-state index in [1.807, 2.05) is 30.3 Å². The highest BCUT2D eigenvalue weighted by molar-refractivity contribution is 5.94. The van der Waals surface area contributed by atoms with Crippen LogP contribution in [0.2, 0.25) is 0 Å². The fraction of sp³-hybridized carbons (Fsp3) is 0.118. The van der Waals surface area contributed by atoms with Crippen molar-refractivity contribution in [1.29, 1.82) is 0 Å². The molecule has 1 aromatic carbocycles. The molecule has 0 aliphatic carbocycles. The highest BCUT2D eigenvalue weighted by atomic mass is 16.5. The minimum absolute atomic E-state index is 0.120. The van der Waals surface area contributed by atoms with Crippen LogP contribution in [0.1, 0.15) is 15.9 Å². The molecule has 0 fully saturated rings. The van der Waals surface area contributed by atoms with Crippen molar-refractivity contribution in [2.75, 3.05) is 13.2 Å². The van der Waals surface area contributed by atoms with E-state index in [1.54, 1.807) is 30.6 Å². The fourth-order valence-corrected chi connectivity index (χ4v) is 1.70. The number of benzene rings is 1. The number of carbonyl (C=O) groups is 2. The van der Waals surface area contributed by atoms with Gasteiger partial charge in [-0.15, -0.1) is 0 Å². The van der Waals surface area contributed by atoms with Gasteiger partial charge in [0.15, 0.2) is 0 Å². The lowest BCUT2D eigenvalue weighted by molar-refractivity contribution is -0.137. The summed E-state index contributed by atoms with van der Waals surface area (Å²) in [5.41, 5.74) is 1.44. The minimum Gasteiger partial charge on any atom is -0.461 e. The van der Waals surface area contributed by atoms with Crippen LogP contribution in [0.25, 0.3) is 6.08 Å². The number of amides is 1. The summed E-state index contributed by atoms with van der Waals surface area (Å²) in [6.07, 6.45) is 6.13. The van der Waals surface area contributed by atoms with Crippen LogP contribution in [-0.2, 0) is 9.53 Å². The molecule has 2 aromatic rings. The van der Waals surface area contributed by atoms with E-state index in [9.17, 15) is 9.59 Å². The molecule has 0 aliphatic heterocycles.